The molecule has 0 radical (unpaired) electrons. The maximum Gasteiger partial charge on any atom is 0.273 e. The third-order valence-corrected chi connectivity index (χ3v) is 3.30. The summed E-state index contributed by atoms with van der Waals surface area (Å²) in [5.41, 5.74) is 0.348. The van der Waals surface area contributed by atoms with Crippen molar-refractivity contribution in [2.24, 2.45) is 5.92 Å². The Hall–Kier alpha value is -1.69. The van der Waals surface area contributed by atoms with Crippen LogP contribution in [0.2, 0.25) is 0 Å². The first-order valence-corrected chi connectivity index (χ1v) is 6.59. The molecule has 1 saturated carbocycles. The van der Waals surface area contributed by atoms with E-state index in [1.807, 2.05) is 6.92 Å². The van der Waals surface area contributed by atoms with Crippen molar-refractivity contribution >= 4 is 11.7 Å². The van der Waals surface area contributed by atoms with Crippen molar-refractivity contribution in [3.05, 3.63) is 18.1 Å². The first kappa shape index (κ1) is 13.7. The number of aliphatic hydroxyl groups is 1. The molecule has 104 valence electrons. The lowest BCUT2D eigenvalue weighted by Crippen LogP contribution is -2.39. The fourth-order valence-electron chi connectivity index (χ4n) is 2.25. The third-order valence-electron chi connectivity index (χ3n) is 3.30. The molecular formula is C13H20N4O2. The zero-order valence-corrected chi connectivity index (χ0v) is 11.3. The van der Waals surface area contributed by atoms with Gasteiger partial charge >= 0.3 is 0 Å². The van der Waals surface area contributed by atoms with Gasteiger partial charge in [-0.05, 0) is 25.7 Å². The van der Waals surface area contributed by atoms with Crippen LogP contribution in [0.1, 0.15) is 30.3 Å². The summed E-state index contributed by atoms with van der Waals surface area (Å²) < 4.78 is 0. The Morgan fingerprint density at radius 1 is 1.53 bits per heavy atom. The van der Waals surface area contributed by atoms with Crippen LogP contribution in [0.15, 0.2) is 12.4 Å². The molecule has 6 heteroatoms. The largest absolute Gasteiger partial charge is 0.393 e. The Bertz CT molecular complexity index is 446. The van der Waals surface area contributed by atoms with E-state index in [2.05, 4.69) is 15.3 Å². The van der Waals surface area contributed by atoms with Gasteiger partial charge in [0.15, 0.2) is 0 Å². The van der Waals surface area contributed by atoms with E-state index in [1.54, 1.807) is 18.1 Å². The summed E-state index contributed by atoms with van der Waals surface area (Å²) in [5, 5.41) is 12.3. The number of amides is 1. The highest BCUT2D eigenvalue weighted by atomic mass is 16.3. The lowest BCUT2D eigenvalue weighted by Gasteiger charge is -2.34. The van der Waals surface area contributed by atoms with Crippen LogP contribution in [0, 0.1) is 5.92 Å². The minimum Gasteiger partial charge on any atom is -0.393 e. The molecule has 0 spiro atoms. The molecule has 1 aliphatic carbocycles. The zero-order chi connectivity index (χ0) is 13.8. The van der Waals surface area contributed by atoms with E-state index >= 15 is 0 Å². The van der Waals surface area contributed by atoms with Gasteiger partial charge in [-0.1, -0.05) is 0 Å². The molecule has 6 nitrogen and oxygen atoms in total. The summed E-state index contributed by atoms with van der Waals surface area (Å²) in [5.74, 6) is 0.878. The van der Waals surface area contributed by atoms with Gasteiger partial charge in [0.25, 0.3) is 5.91 Å². The van der Waals surface area contributed by atoms with Crippen molar-refractivity contribution in [3.8, 4) is 0 Å². The fourth-order valence-corrected chi connectivity index (χ4v) is 2.25. The van der Waals surface area contributed by atoms with E-state index in [4.69, 9.17) is 0 Å². The van der Waals surface area contributed by atoms with Gasteiger partial charge in [-0.3, -0.25) is 9.78 Å². The molecule has 1 heterocycles. The van der Waals surface area contributed by atoms with E-state index in [9.17, 15) is 9.90 Å². The molecule has 1 aromatic heterocycles. The lowest BCUT2D eigenvalue weighted by atomic mass is 9.82. The number of carbonyl (C=O) groups is 1. The van der Waals surface area contributed by atoms with Gasteiger partial charge < -0.3 is 15.3 Å². The molecule has 0 bridgehead atoms. The predicted octanol–water partition coefficient (Wildman–Crippen LogP) is 0.751. The normalized spacial score (nSPS) is 21.6. The Labute approximate surface area is 112 Å². The van der Waals surface area contributed by atoms with Crippen LogP contribution in [-0.4, -0.2) is 52.1 Å². The maximum absolute atomic E-state index is 12.2. The highest BCUT2D eigenvalue weighted by molar-refractivity contribution is 5.92. The Morgan fingerprint density at radius 3 is 2.89 bits per heavy atom. The molecule has 0 aromatic carbocycles. The first-order chi connectivity index (χ1) is 9.10. The third kappa shape index (κ3) is 3.41. The molecule has 0 saturated heterocycles. The quantitative estimate of drug-likeness (QED) is 0.820. The summed E-state index contributed by atoms with van der Waals surface area (Å²) >= 11 is 0. The van der Waals surface area contributed by atoms with Gasteiger partial charge in [-0.2, -0.15) is 0 Å². The summed E-state index contributed by atoms with van der Waals surface area (Å²) in [7, 11) is 1.76. The molecule has 0 unspecified atom stereocenters. The van der Waals surface area contributed by atoms with Crippen LogP contribution in [-0.2, 0) is 0 Å². The monoisotopic (exact) mass is 264 g/mol. The van der Waals surface area contributed by atoms with Crippen molar-refractivity contribution in [1.29, 1.82) is 0 Å². The molecule has 0 atom stereocenters. The van der Waals surface area contributed by atoms with Crippen molar-refractivity contribution in [2.45, 2.75) is 25.9 Å². The highest BCUT2D eigenvalue weighted by Crippen LogP contribution is 2.27. The van der Waals surface area contributed by atoms with Gasteiger partial charge in [0.1, 0.15) is 11.5 Å². The van der Waals surface area contributed by atoms with E-state index in [0.29, 0.717) is 24.0 Å². The van der Waals surface area contributed by atoms with Crippen LogP contribution in [0.5, 0.6) is 0 Å². The minimum absolute atomic E-state index is 0.131. The SMILES string of the molecule is CCNc1cncc(C(=O)N(C)CC2CC(O)C2)n1. The van der Waals surface area contributed by atoms with Crippen LogP contribution < -0.4 is 5.32 Å². The summed E-state index contributed by atoms with van der Waals surface area (Å²) in [6.07, 6.45) is 4.45. The number of rotatable bonds is 5. The molecule has 2 N–H and O–H groups in total. The topological polar surface area (TPSA) is 78.4 Å². The van der Waals surface area contributed by atoms with Crippen molar-refractivity contribution in [1.82, 2.24) is 14.9 Å². The number of carbonyl (C=O) groups excluding carboxylic acids is 1. The molecular weight excluding hydrogens is 244 g/mol. The Balaban J connectivity index is 1.96. The van der Waals surface area contributed by atoms with Gasteiger partial charge in [-0.25, -0.2) is 4.98 Å². The van der Waals surface area contributed by atoms with Gasteiger partial charge in [0.05, 0.1) is 18.5 Å². The number of aromatic nitrogens is 2. The number of anilines is 1. The lowest BCUT2D eigenvalue weighted by molar-refractivity contribution is 0.0264. The summed E-state index contributed by atoms with van der Waals surface area (Å²) in [6.45, 7) is 3.36. The highest BCUT2D eigenvalue weighted by Gasteiger charge is 2.29. The number of hydrogen-bond donors (Lipinski definition) is 2. The smallest absolute Gasteiger partial charge is 0.273 e. The number of aliphatic hydroxyl groups excluding tert-OH is 1. The van der Waals surface area contributed by atoms with E-state index in [-0.39, 0.29) is 12.0 Å². The minimum atomic E-state index is -0.189. The molecule has 1 amide bonds. The van der Waals surface area contributed by atoms with Crippen LogP contribution in [0.4, 0.5) is 5.82 Å². The van der Waals surface area contributed by atoms with Crippen molar-refractivity contribution < 1.29 is 9.90 Å². The van der Waals surface area contributed by atoms with Crippen LogP contribution >= 0.6 is 0 Å². The number of hydrogen-bond acceptors (Lipinski definition) is 5. The average molecular weight is 264 g/mol. The van der Waals surface area contributed by atoms with Crippen molar-refractivity contribution in [2.75, 3.05) is 25.5 Å². The molecule has 1 aromatic rings. The fraction of sp³-hybridized carbons (Fsp3) is 0.615. The number of nitrogens with one attached hydrogen (secondary N) is 1. The molecule has 2 rings (SSSR count). The first-order valence-electron chi connectivity index (χ1n) is 6.59. The van der Waals surface area contributed by atoms with Gasteiger partial charge in [-0.15, -0.1) is 0 Å². The molecule has 0 aliphatic heterocycles. The number of nitrogens with zero attached hydrogens (tertiary/aromatic N) is 3. The van der Waals surface area contributed by atoms with Gasteiger partial charge in [0.2, 0.25) is 0 Å². The summed E-state index contributed by atoms with van der Waals surface area (Å²) in [4.78, 5) is 22.1. The summed E-state index contributed by atoms with van der Waals surface area (Å²) in [6, 6.07) is 0. The van der Waals surface area contributed by atoms with Gasteiger partial charge in [0, 0.05) is 20.1 Å². The van der Waals surface area contributed by atoms with E-state index in [0.717, 1.165) is 19.4 Å². The Morgan fingerprint density at radius 2 is 2.26 bits per heavy atom. The molecule has 1 fully saturated rings. The Kier molecular flexibility index (Phi) is 4.31. The van der Waals surface area contributed by atoms with E-state index in [1.165, 1.54) is 6.20 Å². The van der Waals surface area contributed by atoms with Crippen molar-refractivity contribution in [3.63, 3.8) is 0 Å². The standard InChI is InChI=1S/C13H20N4O2/c1-3-15-12-7-14-6-11(16-12)13(19)17(2)8-9-4-10(18)5-9/h6-7,9-10,18H,3-5,8H2,1-2H3,(H,15,16). The maximum atomic E-state index is 12.2. The second-order valence-electron chi connectivity index (χ2n) is 5.00. The average Bonchev–Trinajstić information content (AvgIpc) is 2.36. The zero-order valence-electron chi connectivity index (χ0n) is 11.3. The second-order valence-corrected chi connectivity index (χ2v) is 5.00. The van der Waals surface area contributed by atoms with Crippen LogP contribution in [0.25, 0.3) is 0 Å². The predicted molar refractivity (Wildman–Crippen MR) is 71.9 cm³/mol. The van der Waals surface area contributed by atoms with Crippen LogP contribution in [0.3, 0.4) is 0 Å². The van der Waals surface area contributed by atoms with E-state index < -0.39 is 0 Å². The molecule has 19 heavy (non-hydrogen) atoms. The second kappa shape index (κ2) is 5.97. The molecule has 1 aliphatic rings.